The molecule has 0 saturated heterocycles. The summed E-state index contributed by atoms with van der Waals surface area (Å²) in [5, 5.41) is 0. The normalized spacial score (nSPS) is 14.6. The predicted octanol–water partition coefficient (Wildman–Crippen LogP) is 3.53. The van der Waals surface area contributed by atoms with Gasteiger partial charge in [0, 0.05) is 6.04 Å². The first kappa shape index (κ1) is 20.8. The lowest BCUT2D eigenvalue weighted by Gasteiger charge is -2.16. The number of aryl methyl sites for hydroxylation is 1. The van der Waals surface area contributed by atoms with Gasteiger partial charge in [-0.15, -0.1) is 0 Å². The lowest BCUT2D eigenvalue weighted by atomic mass is 10.1. The van der Waals surface area contributed by atoms with E-state index in [1.165, 1.54) is 24.3 Å². The Hall–Kier alpha value is -2.48. The average Bonchev–Trinajstić information content (AvgIpc) is 3.15. The summed E-state index contributed by atoms with van der Waals surface area (Å²) in [6.45, 7) is 1.85. The molecule has 0 aliphatic heterocycles. The summed E-state index contributed by atoms with van der Waals surface area (Å²) in [4.78, 5) is 0.135. The van der Waals surface area contributed by atoms with E-state index in [-0.39, 0.29) is 20.7 Å². The van der Waals surface area contributed by atoms with Crippen LogP contribution in [-0.4, -0.2) is 22.9 Å². The minimum atomic E-state index is -3.88. The van der Waals surface area contributed by atoms with E-state index in [2.05, 4.69) is 4.72 Å². The van der Waals surface area contributed by atoms with E-state index < -0.39 is 19.9 Å². The largest absolute Gasteiger partial charge is 0.241 e. The zero-order valence-corrected chi connectivity index (χ0v) is 18.2. The number of fused-ring (bicyclic) bond motifs is 1. The van der Waals surface area contributed by atoms with E-state index in [0.29, 0.717) is 24.8 Å². The van der Waals surface area contributed by atoms with Gasteiger partial charge in [0.05, 0.1) is 14.7 Å². The Morgan fingerprint density at radius 2 is 1.40 bits per heavy atom. The van der Waals surface area contributed by atoms with Gasteiger partial charge in [0.15, 0.2) is 0 Å². The Morgan fingerprint density at radius 3 is 2.00 bits per heavy atom. The lowest BCUT2D eigenvalue weighted by Crippen LogP contribution is -2.35. The SMILES string of the molecule is CCc1ccc(S(=O)(=O)c2ccccc2)cc1S(=O)(=O)NC1Cc2ccccc2C1. The number of hydrogen-bond donors (Lipinski definition) is 1. The van der Waals surface area contributed by atoms with Gasteiger partial charge in [-0.3, -0.25) is 0 Å². The Morgan fingerprint density at radius 1 is 0.800 bits per heavy atom. The standard InChI is InChI=1S/C23H23NO4S2/c1-2-17-12-13-22(29(25,26)21-10-4-3-5-11-21)16-23(17)30(27,28)24-20-14-18-8-6-7-9-19(18)15-20/h3-13,16,20,24H,2,14-15H2,1H3. The first-order valence-electron chi connectivity index (χ1n) is 9.83. The third-order valence-electron chi connectivity index (χ3n) is 5.45. The van der Waals surface area contributed by atoms with Crippen LogP contribution < -0.4 is 4.72 Å². The minimum Gasteiger partial charge on any atom is -0.219 e. The van der Waals surface area contributed by atoms with Crippen molar-refractivity contribution in [3.05, 3.63) is 89.5 Å². The maximum absolute atomic E-state index is 13.2. The second-order valence-corrected chi connectivity index (χ2v) is 11.1. The first-order valence-corrected chi connectivity index (χ1v) is 12.8. The first-order chi connectivity index (χ1) is 14.3. The molecule has 0 spiro atoms. The molecule has 0 bridgehead atoms. The molecule has 4 rings (SSSR count). The minimum absolute atomic E-state index is 0.0259. The van der Waals surface area contributed by atoms with Gasteiger partial charge in [-0.2, -0.15) is 0 Å². The Labute approximate surface area is 177 Å². The summed E-state index contributed by atoms with van der Waals surface area (Å²) in [5.41, 5.74) is 2.87. The molecule has 3 aromatic carbocycles. The number of hydrogen-bond acceptors (Lipinski definition) is 4. The fourth-order valence-corrected chi connectivity index (χ4v) is 6.86. The van der Waals surface area contributed by atoms with Crippen molar-refractivity contribution >= 4 is 19.9 Å². The van der Waals surface area contributed by atoms with E-state index in [0.717, 1.165) is 11.1 Å². The van der Waals surface area contributed by atoms with Crippen LogP contribution in [0, 0.1) is 0 Å². The van der Waals surface area contributed by atoms with E-state index >= 15 is 0 Å². The molecule has 0 fully saturated rings. The topological polar surface area (TPSA) is 80.3 Å². The van der Waals surface area contributed by atoms with Crippen LogP contribution in [0.4, 0.5) is 0 Å². The summed E-state index contributed by atoms with van der Waals surface area (Å²) in [6.07, 6.45) is 1.73. The van der Waals surface area contributed by atoms with Crippen molar-refractivity contribution in [3.63, 3.8) is 0 Å². The van der Waals surface area contributed by atoms with Gasteiger partial charge in [-0.25, -0.2) is 21.6 Å². The third-order valence-corrected chi connectivity index (χ3v) is 8.82. The molecular weight excluding hydrogens is 418 g/mol. The molecular formula is C23H23NO4S2. The second-order valence-electron chi connectivity index (χ2n) is 7.43. The van der Waals surface area contributed by atoms with Gasteiger partial charge in [0.25, 0.3) is 0 Å². The highest BCUT2D eigenvalue weighted by atomic mass is 32.2. The highest BCUT2D eigenvalue weighted by molar-refractivity contribution is 7.91. The molecule has 0 radical (unpaired) electrons. The van der Waals surface area contributed by atoms with Gasteiger partial charge in [-0.05, 0) is 60.2 Å². The zero-order valence-electron chi connectivity index (χ0n) is 16.6. The average molecular weight is 442 g/mol. The summed E-state index contributed by atoms with van der Waals surface area (Å²) in [5.74, 6) is 0. The number of sulfone groups is 1. The Kier molecular flexibility index (Phi) is 5.53. The quantitative estimate of drug-likeness (QED) is 0.635. The molecule has 0 atom stereocenters. The van der Waals surface area contributed by atoms with Crippen LogP contribution >= 0.6 is 0 Å². The van der Waals surface area contributed by atoms with Crippen molar-refractivity contribution in [2.24, 2.45) is 0 Å². The van der Waals surface area contributed by atoms with Gasteiger partial charge in [0.1, 0.15) is 0 Å². The van der Waals surface area contributed by atoms with Crippen LogP contribution in [0.25, 0.3) is 0 Å². The molecule has 0 aromatic heterocycles. The number of benzene rings is 3. The van der Waals surface area contributed by atoms with Crippen LogP contribution in [0.2, 0.25) is 0 Å². The molecule has 1 N–H and O–H groups in total. The van der Waals surface area contributed by atoms with Gasteiger partial charge >= 0.3 is 0 Å². The number of nitrogens with one attached hydrogen (secondary N) is 1. The fourth-order valence-electron chi connectivity index (χ4n) is 3.91. The summed E-state index contributed by atoms with van der Waals surface area (Å²) in [7, 11) is -7.69. The molecule has 1 aliphatic carbocycles. The highest BCUT2D eigenvalue weighted by Gasteiger charge is 2.29. The molecule has 1 aliphatic rings. The molecule has 0 heterocycles. The molecule has 156 valence electrons. The fraction of sp³-hybridized carbons (Fsp3) is 0.217. The third kappa shape index (κ3) is 3.93. The second kappa shape index (κ2) is 7.98. The molecule has 5 nitrogen and oxygen atoms in total. The van der Waals surface area contributed by atoms with Crippen molar-refractivity contribution in [3.8, 4) is 0 Å². The predicted molar refractivity (Wildman–Crippen MR) is 116 cm³/mol. The van der Waals surface area contributed by atoms with Crippen molar-refractivity contribution in [2.75, 3.05) is 0 Å². The molecule has 0 unspecified atom stereocenters. The zero-order chi connectivity index (χ0) is 21.4. The Bertz CT molecular complexity index is 1260. The van der Waals surface area contributed by atoms with E-state index in [1.807, 2.05) is 31.2 Å². The van der Waals surface area contributed by atoms with Crippen LogP contribution in [0.1, 0.15) is 23.6 Å². The summed E-state index contributed by atoms with van der Waals surface area (Å²) < 4.78 is 55.2. The van der Waals surface area contributed by atoms with Crippen LogP contribution in [0.3, 0.4) is 0 Å². The van der Waals surface area contributed by atoms with Crippen molar-refractivity contribution in [1.29, 1.82) is 0 Å². The van der Waals surface area contributed by atoms with Crippen LogP contribution in [0.15, 0.2) is 87.5 Å². The van der Waals surface area contributed by atoms with Crippen molar-refractivity contribution in [2.45, 2.75) is 46.9 Å². The van der Waals surface area contributed by atoms with E-state index in [9.17, 15) is 16.8 Å². The van der Waals surface area contributed by atoms with Gasteiger partial charge in [-0.1, -0.05) is 55.5 Å². The van der Waals surface area contributed by atoms with Crippen LogP contribution in [0.5, 0.6) is 0 Å². The summed E-state index contributed by atoms with van der Waals surface area (Å²) >= 11 is 0. The van der Waals surface area contributed by atoms with Gasteiger partial charge < -0.3 is 0 Å². The molecule has 0 saturated carbocycles. The van der Waals surface area contributed by atoms with Crippen LogP contribution in [-0.2, 0) is 39.1 Å². The Balaban J connectivity index is 1.69. The highest BCUT2D eigenvalue weighted by Crippen LogP contribution is 2.28. The molecule has 7 heteroatoms. The maximum Gasteiger partial charge on any atom is 0.241 e. The van der Waals surface area contributed by atoms with Crippen molar-refractivity contribution < 1.29 is 16.8 Å². The summed E-state index contributed by atoms with van der Waals surface area (Å²) in [6, 6.07) is 20.1. The van der Waals surface area contributed by atoms with Crippen molar-refractivity contribution in [1.82, 2.24) is 4.72 Å². The lowest BCUT2D eigenvalue weighted by molar-refractivity contribution is 0.554. The molecule has 30 heavy (non-hydrogen) atoms. The smallest absolute Gasteiger partial charge is 0.219 e. The number of rotatable bonds is 6. The number of sulfonamides is 1. The monoisotopic (exact) mass is 441 g/mol. The van der Waals surface area contributed by atoms with E-state index in [1.54, 1.807) is 24.3 Å². The molecule has 0 amide bonds. The maximum atomic E-state index is 13.2. The van der Waals surface area contributed by atoms with E-state index in [4.69, 9.17) is 0 Å². The van der Waals surface area contributed by atoms with Gasteiger partial charge in [0.2, 0.25) is 19.9 Å². The molecule has 3 aromatic rings.